The Bertz CT molecular complexity index is 401. The molecule has 0 saturated carbocycles. The van der Waals surface area contributed by atoms with E-state index in [1.165, 1.54) is 11.3 Å². The molecule has 1 aliphatic carbocycles. The van der Waals surface area contributed by atoms with Gasteiger partial charge in [-0.15, -0.1) is 10.2 Å². The smallest absolute Gasteiger partial charge is 0.220 e. The van der Waals surface area contributed by atoms with Crippen LogP contribution in [-0.2, 0) is 11.3 Å². The first-order valence-electron chi connectivity index (χ1n) is 5.25. The average Bonchev–Trinajstić information content (AvgIpc) is 2.87. The summed E-state index contributed by atoms with van der Waals surface area (Å²) in [6.45, 7) is 0.421. The van der Waals surface area contributed by atoms with Crippen LogP contribution < -0.4 is 11.1 Å². The maximum absolute atomic E-state index is 11.6. The van der Waals surface area contributed by atoms with Crippen LogP contribution in [0, 0.1) is 5.92 Å². The van der Waals surface area contributed by atoms with Crippen LogP contribution in [0.5, 0.6) is 0 Å². The highest BCUT2D eigenvalue weighted by Gasteiger charge is 2.14. The molecule has 0 aliphatic heterocycles. The van der Waals surface area contributed by atoms with Gasteiger partial charge in [-0.1, -0.05) is 23.5 Å². The van der Waals surface area contributed by atoms with Crippen LogP contribution in [0.3, 0.4) is 0 Å². The molecule has 16 heavy (non-hydrogen) atoms. The van der Waals surface area contributed by atoms with Gasteiger partial charge in [0, 0.05) is 6.42 Å². The maximum atomic E-state index is 11.6. The Morgan fingerprint density at radius 3 is 3.12 bits per heavy atom. The lowest BCUT2D eigenvalue weighted by Crippen LogP contribution is -2.24. The van der Waals surface area contributed by atoms with Gasteiger partial charge in [-0.2, -0.15) is 0 Å². The normalized spacial score (nSPS) is 18.9. The number of amides is 1. The molecule has 3 N–H and O–H groups in total. The largest absolute Gasteiger partial charge is 0.374 e. The molecular weight excluding hydrogens is 224 g/mol. The third kappa shape index (κ3) is 3.03. The van der Waals surface area contributed by atoms with Crippen LogP contribution in [0.2, 0.25) is 0 Å². The number of hydrogen-bond acceptors (Lipinski definition) is 5. The highest BCUT2D eigenvalue weighted by Crippen LogP contribution is 2.20. The molecule has 0 radical (unpaired) electrons. The van der Waals surface area contributed by atoms with Crippen LogP contribution in [0.25, 0.3) is 0 Å². The van der Waals surface area contributed by atoms with Crippen LogP contribution in [0.15, 0.2) is 12.2 Å². The Labute approximate surface area is 97.8 Å². The zero-order valence-corrected chi connectivity index (χ0v) is 9.67. The maximum Gasteiger partial charge on any atom is 0.220 e. The van der Waals surface area contributed by atoms with Gasteiger partial charge in [-0.25, -0.2) is 0 Å². The van der Waals surface area contributed by atoms with E-state index < -0.39 is 0 Å². The summed E-state index contributed by atoms with van der Waals surface area (Å²) in [5.74, 6) is 0.463. The van der Waals surface area contributed by atoms with Crippen LogP contribution in [-0.4, -0.2) is 16.1 Å². The number of nitrogens with two attached hydrogens (primary N) is 1. The lowest BCUT2D eigenvalue weighted by atomic mass is 10.1. The molecule has 0 fully saturated rings. The molecule has 2 rings (SSSR count). The van der Waals surface area contributed by atoms with Crippen molar-refractivity contribution in [2.75, 3.05) is 5.73 Å². The zero-order valence-electron chi connectivity index (χ0n) is 8.85. The van der Waals surface area contributed by atoms with Gasteiger partial charge in [0.15, 0.2) is 0 Å². The van der Waals surface area contributed by atoms with Crippen LogP contribution >= 0.6 is 11.3 Å². The Kier molecular flexibility index (Phi) is 3.51. The van der Waals surface area contributed by atoms with Gasteiger partial charge in [-0.3, -0.25) is 4.79 Å². The molecule has 1 aromatic rings. The van der Waals surface area contributed by atoms with Crippen molar-refractivity contribution in [2.45, 2.75) is 25.8 Å². The number of nitrogens with zero attached hydrogens (tertiary/aromatic N) is 2. The summed E-state index contributed by atoms with van der Waals surface area (Å²) >= 11 is 1.30. The van der Waals surface area contributed by atoms with E-state index in [1.54, 1.807) is 0 Å². The second-order valence-electron chi connectivity index (χ2n) is 3.78. The van der Waals surface area contributed by atoms with Gasteiger partial charge in [0.1, 0.15) is 5.01 Å². The number of hydrogen-bond donors (Lipinski definition) is 2. The first-order valence-corrected chi connectivity index (χ1v) is 6.07. The molecule has 5 nitrogen and oxygen atoms in total. The van der Waals surface area contributed by atoms with Crippen molar-refractivity contribution in [1.29, 1.82) is 0 Å². The van der Waals surface area contributed by atoms with Crippen LogP contribution in [0.1, 0.15) is 24.3 Å². The molecule has 0 unspecified atom stereocenters. The van der Waals surface area contributed by atoms with E-state index in [1.807, 2.05) is 0 Å². The molecule has 0 spiro atoms. The van der Waals surface area contributed by atoms with Gasteiger partial charge in [0.25, 0.3) is 0 Å². The minimum atomic E-state index is 0.0605. The minimum absolute atomic E-state index is 0.0605. The van der Waals surface area contributed by atoms with Crippen molar-refractivity contribution in [3.63, 3.8) is 0 Å². The van der Waals surface area contributed by atoms with E-state index in [2.05, 4.69) is 27.7 Å². The second kappa shape index (κ2) is 5.07. The van der Waals surface area contributed by atoms with Gasteiger partial charge in [0.05, 0.1) is 6.54 Å². The van der Waals surface area contributed by atoms with Crippen molar-refractivity contribution < 1.29 is 4.79 Å². The Morgan fingerprint density at radius 2 is 2.50 bits per heavy atom. The highest BCUT2D eigenvalue weighted by atomic mass is 32.1. The topological polar surface area (TPSA) is 80.9 Å². The molecule has 86 valence electrons. The number of carbonyl (C=O) groups excluding carboxylic acids is 1. The summed E-state index contributed by atoms with van der Waals surface area (Å²) in [7, 11) is 0. The fraction of sp³-hybridized carbons (Fsp3) is 0.500. The van der Waals surface area contributed by atoms with Gasteiger partial charge < -0.3 is 11.1 Å². The number of carbonyl (C=O) groups is 1. The molecule has 1 heterocycles. The number of anilines is 1. The quantitative estimate of drug-likeness (QED) is 0.769. The predicted molar refractivity (Wildman–Crippen MR) is 62.6 cm³/mol. The summed E-state index contributed by atoms with van der Waals surface area (Å²) in [6.07, 6.45) is 6.97. The monoisotopic (exact) mass is 238 g/mol. The number of aromatic nitrogens is 2. The standard InChI is InChI=1S/C10H14N4OS/c11-10-14-13-9(16-10)6-12-8(15)5-7-3-1-2-4-7/h1,3,7H,2,4-6H2,(H2,11,14)(H,12,15)/t7-/m1/s1. The molecule has 0 saturated heterocycles. The molecule has 0 bridgehead atoms. The molecule has 0 aromatic carbocycles. The van der Waals surface area contributed by atoms with Gasteiger partial charge >= 0.3 is 0 Å². The van der Waals surface area contributed by atoms with E-state index in [-0.39, 0.29) is 5.91 Å². The Hall–Kier alpha value is -1.43. The second-order valence-corrected chi connectivity index (χ2v) is 4.87. The minimum Gasteiger partial charge on any atom is -0.374 e. The molecule has 1 aliphatic rings. The number of rotatable bonds is 4. The Morgan fingerprint density at radius 1 is 1.62 bits per heavy atom. The zero-order chi connectivity index (χ0) is 11.4. The van der Waals surface area contributed by atoms with Crippen molar-refractivity contribution >= 4 is 22.4 Å². The lowest BCUT2D eigenvalue weighted by Gasteiger charge is -2.06. The van der Waals surface area contributed by atoms with Crippen molar-refractivity contribution in [3.05, 3.63) is 17.2 Å². The number of nitrogen functional groups attached to an aromatic ring is 1. The summed E-state index contributed by atoms with van der Waals surface area (Å²) in [5, 5.41) is 11.5. The van der Waals surface area contributed by atoms with E-state index >= 15 is 0 Å². The lowest BCUT2D eigenvalue weighted by molar-refractivity contribution is -0.121. The fourth-order valence-electron chi connectivity index (χ4n) is 1.69. The third-order valence-electron chi connectivity index (χ3n) is 2.48. The average molecular weight is 238 g/mol. The summed E-state index contributed by atoms with van der Waals surface area (Å²) in [4.78, 5) is 11.6. The predicted octanol–water partition coefficient (Wildman–Crippen LogP) is 1.09. The molecule has 6 heteroatoms. The third-order valence-corrected chi connectivity index (χ3v) is 3.23. The highest BCUT2D eigenvalue weighted by molar-refractivity contribution is 7.15. The Balaban J connectivity index is 1.73. The first-order chi connectivity index (χ1) is 7.74. The number of allylic oxidation sites excluding steroid dienone is 2. The molecule has 1 aromatic heterocycles. The summed E-state index contributed by atoms with van der Waals surface area (Å²) < 4.78 is 0. The molecular formula is C10H14N4OS. The van der Waals surface area contributed by atoms with Crippen LogP contribution in [0.4, 0.5) is 5.13 Å². The van der Waals surface area contributed by atoms with E-state index in [9.17, 15) is 4.79 Å². The van der Waals surface area contributed by atoms with Crippen molar-refractivity contribution in [3.8, 4) is 0 Å². The molecule has 1 atom stereocenters. The van der Waals surface area contributed by atoms with Gasteiger partial charge in [-0.05, 0) is 18.8 Å². The number of nitrogens with one attached hydrogen (secondary N) is 1. The summed E-state index contributed by atoms with van der Waals surface area (Å²) in [5.41, 5.74) is 5.44. The van der Waals surface area contributed by atoms with E-state index in [4.69, 9.17) is 5.73 Å². The summed E-state index contributed by atoms with van der Waals surface area (Å²) in [6, 6.07) is 0. The van der Waals surface area contributed by atoms with E-state index in [0.717, 1.165) is 17.8 Å². The van der Waals surface area contributed by atoms with Crippen molar-refractivity contribution in [1.82, 2.24) is 15.5 Å². The fourth-order valence-corrected chi connectivity index (χ4v) is 2.24. The first kappa shape index (κ1) is 11.1. The molecule has 1 amide bonds. The van der Waals surface area contributed by atoms with Crippen molar-refractivity contribution in [2.24, 2.45) is 5.92 Å². The van der Waals surface area contributed by atoms with Gasteiger partial charge in [0.2, 0.25) is 11.0 Å². The van der Waals surface area contributed by atoms with E-state index in [0.29, 0.717) is 24.0 Å². The SMILES string of the molecule is Nc1nnc(CNC(=O)C[C@@H]2C=CCC2)s1.